The van der Waals surface area contributed by atoms with Crippen LogP contribution < -0.4 is 25.6 Å². The number of fused-ring (bicyclic) bond motifs is 2. The summed E-state index contributed by atoms with van der Waals surface area (Å²) in [5.41, 5.74) is 5.62. The third-order valence-electron chi connectivity index (χ3n) is 7.78. The summed E-state index contributed by atoms with van der Waals surface area (Å²) in [4.78, 5) is 6.95. The maximum Gasteiger partial charge on any atom is 0.184 e. The molecule has 0 unspecified atom stereocenters. The van der Waals surface area contributed by atoms with Crippen LogP contribution in [0.4, 0.5) is 17.1 Å². The highest BCUT2D eigenvalue weighted by Gasteiger charge is 2.48. The van der Waals surface area contributed by atoms with Gasteiger partial charge in [-0.3, -0.25) is 0 Å². The third kappa shape index (κ3) is 3.68. The smallest absolute Gasteiger partial charge is 0.184 e. The van der Waals surface area contributed by atoms with Crippen LogP contribution in [0.5, 0.6) is 0 Å². The summed E-state index contributed by atoms with van der Waals surface area (Å²) in [6.45, 7) is 0. The van der Waals surface area contributed by atoms with E-state index in [0.717, 1.165) is 16.9 Å². The molecule has 6 aromatic rings. The molecule has 7 rings (SSSR count). The summed E-state index contributed by atoms with van der Waals surface area (Å²) in [6.07, 6.45) is 0. The second-order valence-corrected chi connectivity index (χ2v) is 13.7. The number of rotatable bonds is 4. The van der Waals surface area contributed by atoms with Crippen LogP contribution in [0.15, 0.2) is 152 Å². The molecule has 5 aromatic carbocycles. The van der Waals surface area contributed by atoms with Crippen molar-refractivity contribution in [2.75, 3.05) is 4.90 Å². The van der Waals surface area contributed by atoms with Crippen molar-refractivity contribution in [2.24, 2.45) is 0 Å². The van der Waals surface area contributed by atoms with Gasteiger partial charge in [-0.05, 0) is 57.1 Å². The molecule has 40 heavy (non-hydrogen) atoms. The fraction of sp³-hybridized carbons (Fsp3) is 0. The maximum atomic E-state index is 9.41. The first-order chi connectivity index (χ1) is 19.8. The monoisotopic (exact) mass is 527 g/mol. The molecule has 4 heteroatoms. The molecular formula is C36H25N3Si. The Bertz CT molecular complexity index is 1790. The second-order valence-electron chi connectivity index (χ2n) is 9.92. The van der Waals surface area contributed by atoms with Crippen LogP contribution >= 0.6 is 0 Å². The van der Waals surface area contributed by atoms with Crippen molar-refractivity contribution in [3.05, 3.63) is 157 Å². The lowest BCUT2D eigenvalue weighted by atomic mass is 10.1. The zero-order valence-electron chi connectivity index (χ0n) is 21.8. The van der Waals surface area contributed by atoms with Crippen molar-refractivity contribution in [3.63, 3.8) is 0 Å². The molecule has 0 saturated heterocycles. The van der Waals surface area contributed by atoms with Gasteiger partial charge in [-0.2, -0.15) is 5.26 Å². The van der Waals surface area contributed by atoms with Crippen molar-refractivity contribution >= 4 is 45.9 Å². The van der Waals surface area contributed by atoms with Crippen molar-refractivity contribution in [3.8, 4) is 17.3 Å². The van der Waals surface area contributed by atoms with Crippen LogP contribution in [0.1, 0.15) is 5.69 Å². The molecule has 2 heterocycles. The van der Waals surface area contributed by atoms with Crippen LogP contribution in [0.3, 0.4) is 0 Å². The highest BCUT2D eigenvalue weighted by Crippen LogP contribution is 2.39. The summed E-state index contributed by atoms with van der Waals surface area (Å²) < 4.78 is 0. The topological polar surface area (TPSA) is 39.9 Å². The molecule has 0 radical (unpaired) electrons. The fourth-order valence-electron chi connectivity index (χ4n) is 6.15. The minimum Gasteiger partial charge on any atom is -0.311 e. The Labute approximate surface area is 235 Å². The van der Waals surface area contributed by atoms with Gasteiger partial charge in [0.05, 0.1) is 5.69 Å². The molecule has 3 nitrogen and oxygen atoms in total. The van der Waals surface area contributed by atoms with Gasteiger partial charge in [-0.25, -0.2) is 4.98 Å². The van der Waals surface area contributed by atoms with E-state index in [2.05, 4.69) is 149 Å². The number of para-hydroxylation sites is 2. The lowest BCUT2D eigenvalue weighted by molar-refractivity contribution is 1.25. The van der Waals surface area contributed by atoms with Crippen LogP contribution in [0.25, 0.3) is 11.3 Å². The molecule has 0 N–H and O–H groups in total. The molecule has 0 saturated carbocycles. The molecule has 1 aromatic heterocycles. The van der Waals surface area contributed by atoms with E-state index >= 15 is 0 Å². The van der Waals surface area contributed by atoms with Crippen molar-refractivity contribution in [2.45, 2.75) is 0 Å². The molecule has 0 fully saturated rings. The predicted molar refractivity (Wildman–Crippen MR) is 166 cm³/mol. The van der Waals surface area contributed by atoms with Gasteiger partial charge in [0.2, 0.25) is 0 Å². The largest absolute Gasteiger partial charge is 0.311 e. The number of pyridine rings is 1. The van der Waals surface area contributed by atoms with Gasteiger partial charge in [0.15, 0.2) is 8.07 Å². The average molecular weight is 528 g/mol. The van der Waals surface area contributed by atoms with E-state index in [9.17, 15) is 5.26 Å². The van der Waals surface area contributed by atoms with Gasteiger partial charge in [0.25, 0.3) is 0 Å². The van der Waals surface area contributed by atoms with Gasteiger partial charge < -0.3 is 4.90 Å². The lowest BCUT2D eigenvalue weighted by Crippen LogP contribution is -2.77. The van der Waals surface area contributed by atoms with Crippen LogP contribution in [-0.2, 0) is 0 Å². The van der Waals surface area contributed by atoms with Gasteiger partial charge in [-0.1, -0.05) is 115 Å². The molecular weight excluding hydrogens is 503 g/mol. The van der Waals surface area contributed by atoms with Crippen molar-refractivity contribution in [1.82, 2.24) is 4.98 Å². The predicted octanol–water partition coefficient (Wildman–Crippen LogP) is 5.78. The normalized spacial score (nSPS) is 13.1. The van der Waals surface area contributed by atoms with Crippen LogP contribution in [0.2, 0.25) is 0 Å². The summed E-state index contributed by atoms with van der Waals surface area (Å²) in [6, 6.07) is 56.0. The van der Waals surface area contributed by atoms with Crippen LogP contribution in [0, 0.1) is 11.3 Å². The Hall–Kier alpha value is -5.24. The molecule has 0 spiro atoms. The zero-order valence-corrected chi connectivity index (χ0v) is 22.8. The third-order valence-corrected chi connectivity index (χ3v) is 12.6. The summed E-state index contributed by atoms with van der Waals surface area (Å²) in [7, 11) is -2.63. The first-order valence-electron chi connectivity index (χ1n) is 13.4. The highest BCUT2D eigenvalue weighted by molar-refractivity contribution is 7.21. The second kappa shape index (κ2) is 9.81. The molecule has 1 aliphatic rings. The zero-order chi connectivity index (χ0) is 26.9. The van der Waals surface area contributed by atoms with Gasteiger partial charge in [-0.15, -0.1) is 0 Å². The minimum absolute atomic E-state index is 0.415. The Morgan fingerprint density at radius 1 is 0.550 bits per heavy atom. The number of nitrogens with zero attached hydrogens (tertiary/aromatic N) is 3. The molecule has 0 atom stereocenters. The molecule has 0 bridgehead atoms. The summed E-state index contributed by atoms with van der Waals surface area (Å²) in [5, 5.41) is 14.9. The van der Waals surface area contributed by atoms with E-state index in [-0.39, 0.29) is 0 Å². The van der Waals surface area contributed by atoms with Gasteiger partial charge in [0, 0.05) is 22.6 Å². The van der Waals surface area contributed by atoms with Crippen LogP contribution in [-0.4, -0.2) is 13.1 Å². The number of hydrogen-bond acceptors (Lipinski definition) is 3. The van der Waals surface area contributed by atoms with E-state index in [1.165, 1.54) is 32.1 Å². The summed E-state index contributed by atoms with van der Waals surface area (Å²) >= 11 is 0. The van der Waals surface area contributed by atoms with E-state index < -0.39 is 8.07 Å². The lowest BCUT2D eigenvalue weighted by Gasteiger charge is -2.45. The highest BCUT2D eigenvalue weighted by atomic mass is 28.3. The number of aromatic nitrogens is 1. The van der Waals surface area contributed by atoms with Gasteiger partial charge >= 0.3 is 0 Å². The first kappa shape index (κ1) is 23.8. The van der Waals surface area contributed by atoms with Crippen molar-refractivity contribution < 1.29 is 0 Å². The number of nitriles is 1. The van der Waals surface area contributed by atoms with E-state index in [4.69, 9.17) is 0 Å². The Kier molecular flexibility index (Phi) is 5.85. The number of hydrogen-bond donors (Lipinski definition) is 0. The maximum absolute atomic E-state index is 9.41. The standard InChI is InChI=1S/C36H25N3Si/c37-26-28-14-12-20-32(38-28)27-13-11-15-29(25-27)39-33-21-7-9-23-35(33)40(30-16-3-1-4-17-30,31-18-5-2-6-19-31)36-24-10-8-22-34(36)39/h1-25H. The SMILES string of the molecule is N#Cc1cccc(-c2cccc(N3c4ccccc4[Si](c4ccccc4)(c4ccccc4)c4ccccc43)c2)n1. The Morgan fingerprint density at radius 2 is 1.10 bits per heavy atom. The number of benzene rings is 5. The molecule has 188 valence electrons. The van der Waals surface area contributed by atoms with E-state index in [1.807, 2.05) is 12.1 Å². The average Bonchev–Trinajstić information content (AvgIpc) is 3.04. The van der Waals surface area contributed by atoms with Gasteiger partial charge in [0.1, 0.15) is 11.8 Å². The summed E-state index contributed by atoms with van der Waals surface area (Å²) in [5.74, 6) is 0. The fourth-order valence-corrected chi connectivity index (χ4v) is 11.3. The van der Waals surface area contributed by atoms with E-state index in [0.29, 0.717) is 5.69 Å². The molecule has 0 aliphatic carbocycles. The Balaban J connectivity index is 1.52. The first-order valence-corrected chi connectivity index (χ1v) is 15.4. The quantitative estimate of drug-likeness (QED) is 0.273. The molecule has 1 aliphatic heterocycles. The minimum atomic E-state index is -2.63. The Morgan fingerprint density at radius 3 is 1.70 bits per heavy atom. The van der Waals surface area contributed by atoms with E-state index in [1.54, 1.807) is 6.07 Å². The van der Waals surface area contributed by atoms with Crippen molar-refractivity contribution in [1.29, 1.82) is 5.26 Å². The molecule has 0 amide bonds. The number of anilines is 3.